The van der Waals surface area contributed by atoms with Crippen molar-refractivity contribution in [2.75, 3.05) is 11.9 Å². The summed E-state index contributed by atoms with van der Waals surface area (Å²) in [5.74, 6) is -0.766. The third-order valence-corrected chi connectivity index (χ3v) is 4.45. The van der Waals surface area contributed by atoms with Crippen molar-refractivity contribution in [2.45, 2.75) is 19.1 Å². The van der Waals surface area contributed by atoms with Gasteiger partial charge in [0.1, 0.15) is 10.7 Å². The van der Waals surface area contributed by atoms with E-state index < -0.39 is 18.1 Å². The van der Waals surface area contributed by atoms with E-state index in [-0.39, 0.29) is 5.91 Å². The number of anilines is 1. The minimum atomic E-state index is -1.04. The van der Waals surface area contributed by atoms with E-state index in [0.29, 0.717) is 16.4 Å². The van der Waals surface area contributed by atoms with Gasteiger partial charge in [-0.1, -0.05) is 18.2 Å². The maximum atomic E-state index is 12.7. The summed E-state index contributed by atoms with van der Waals surface area (Å²) in [5.41, 5.74) is 7.68. The number of benzodiazepines with no additional fused rings is 1. The average molecular weight is 343 g/mol. The van der Waals surface area contributed by atoms with E-state index in [0.717, 1.165) is 5.56 Å². The highest BCUT2D eigenvalue weighted by atomic mass is 32.1. The maximum absolute atomic E-state index is 12.7. The van der Waals surface area contributed by atoms with E-state index in [1.807, 2.05) is 29.6 Å². The van der Waals surface area contributed by atoms with Gasteiger partial charge < -0.3 is 16.0 Å². The molecule has 1 unspecified atom stereocenters. The maximum Gasteiger partial charge on any atom is 0.272 e. The third-order valence-electron chi connectivity index (χ3n) is 3.67. The molecule has 1 aliphatic heterocycles. The summed E-state index contributed by atoms with van der Waals surface area (Å²) in [4.78, 5) is 35.0. The van der Waals surface area contributed by atoms with Gasteiger partial charge in [0.2, 0.25) is 12.1 Å². The van der Waals surface area contributed by atoms with Crippen molar-refractivity contribution < 1.29 is 9.59 Å². The van der Waals surface area contributed by atoms with Gasteiger partial charge in [-0.15, -0.1) is 11.3 Å². The molecule has 0 aliphatic carbocycles. The molecule has 2 aromatic rings. The summed E-state index contributed by atoms with van der Waals surface area (Å²) in [5, 5.41) is 5.12. The molecular formula is C16H17N5O2S. The Hall–Kier alpha value is -2.58. The van der Waals surface area contributed by atoms with Crippen molar-refractivity contribution >= 4 is 34.6 Å². The third kappa shape index (κ3) is 2.93. The zero-order valence-electron chi connectivity index (χ0n) is 13.3. The first-order chi connectivity index (χ1) is 11.5. The molecule has 3 rings (SSSR count). The van der Waals surface area contributed by atoms with Crippen molar-refractivity contribution in [3.05, 3.63) is 46.4 Å². The fourth-order valence-electron chi connectivity index (χ4n) is 2.39. The Morgan fingerprint density at radius 3 is 2.83 bits per heavy atom. The van der Waals surface area contributed by atoms with E-state index in [4.69, 9.17) is 5.73 Å². The number of amides is 2. The van der Waals surface area contributed by atoms with Crippen LogP contribution in [0.3, 0.4) is 0 Å². The first kappa shape index (κ1) is 16.3. The predicted molar refractivity (Wildman–Crippen MR) is 93.2 cm³/mol. The summed E-state index contributed by atoms with van der Waals surface area (Å²) >= 11 is 1.42. The number of nitrogens with one attached hydrogen (secondary N) is 1. The second-order valence-electron chi connectivity index (χ2n) is 5.43. The lowest BCUT2D eigenvalue weighted by atomic mass is 10.1. The lowest BCUT2D eigenvalue weighted by molar-refractivity contribution is -0.127. The Kier molecular flexibility index (Phi) is 4.41. The highest BCUT2D eigenvalue weighted by Gasteiger charge is 2.31. The second kappa shape index (κ2) is 6.50. The van der Waals surface area contributed by atoms with Gasteiger partial charge in [-0.05, 0) is 13.0 Å². The standard InChI is InChI=1S/C16H17N5O2S/c1-9(17)14(22)20-13-16(23)21(2)11-6-4-3-5-10(11)12(19-13)15-18-7-8-24-15/h3-9,13H,17H2,1-2H3,(H,20,22)/t9-,13?/m0/s1. The predicted octanol–water partition coefficient (Wildman–Crippen LogP) is 0.746. The lowest BCUT2D eigenvalue weighted by Gasteiger charge is -2.21. The number of rotatable bonds is 3. The van der Waals surface area contributed by atoms with Crippen LogP contribution in [0.15, 0.2) is 40.8 Å². The van der Waals surface area contributed by atoms with Gasteiger partial charge >= 0.3 is 0 Å². The zero-order valence-corrected chi connectivity index (χ0v) is 14.1. The minimum absolute atomic E-state index is 0.331. The van der Waals surface area contributed by atoms with Crippen LogP contribution in [0.1, 0.15) is 17.5 Å². The zero-order chi connectivity index (χ0) is 17.3. The van der Waals surface area contributed by atoms with Gasteiger partial charge in [0.25, 0.3) is 5.91 Å². The number of aromatic nitrogens is 1. The number of para-hydroxylation sites is 1. The molecule has 2 amide bonds. The highest BCUT2D eigenvalue weighted by Crippen LogP contribution is 2.27. The van der Waals surface area contributed by atoms with Gasteiger partial charge in [0.15, 0.2) is 0 Å². The fraction of sp³-hybridized carbons (Fsp3) is 0.250. The first-order valence-electron chi connectivity index (χ1n) is 7.39. The Bertz CT molecular complexity index is 801. The molecule has 0 bridgehead atoms. The molecule has 0 radical (unpaired) electrons. The van der Waals surface area contributed by atoms with Gasteiger partial charge in [-0.25, -0.2) is 9.98 Å². The number of likely N-dealkylation sites (N-methyl/N-ethyl adjacent to an activating group) is 1. The van der Waals surface area contributed by atoms with E-state index in [2.05, 4.69) is 15.3 Å². The van der Waals surface area contributed by atoms with Crippen LogP contribution in [-0.4, -0.2) is 41.8 Å². The van der Waals surface area contributed by atoms with Crippen LogP contribution in [0, 0.1) is 0 Å². The highest BCUT2D eigenvalue weighted by molar-refractivity contribution is 7.11. The van der Waals surface area contributed by atoms with Crippen molar-refractivity contribution in [1.82, 2.24) is 10.3 Å². The number of aliphatic imine (C=N–C) groups is 1. The van der Waals surface area contributed by atoms with Crippen molar-refractivity contribution in [1.29, 1.82) is 0 Å². The molecule has 2 atom stereocenters. The number of nitrogens with zero attached hydrogens (tertiary/aromatic N) is 3. The number of hydrogen-bond acceptors (Lipinski definition) is 6. The van der Waals surface area contributed by atoms with E-state index in [1.165, 1.54) is 16.2 Å². The lowest BCUT2D eigenvalue weighted by Crippen LogP contribution is -2.50. The fourth-order valence-corrected chi connectivity index (χ4v) is 3.04. The molecule has 24 heavy (non-hydrogen) atoms. The summed E-state index contributed by atoms with van der Waals surface area (Å²) in [6.45, 7) is 1.56. The topological polar surface area (TPSA) is 101 Å². The molecule has 0 saturated heterocycles. The summed E-state index contributed by atoms with van der Waals surface area (Å²) < 4.78 is 0. The van der Waals surface area contributed by atoms with Crippen LogP contribution >= 0.6 is 11.3 Å². The molecule has 0 fully saturated rings. The first-order valence-corrected chi connectivity index (χ1v) is 8.27. The molecular weight excluding hydrogens is 326 g/mol. The Labute approximate surface area is 143 Å². The smallest absolute Gasteiger partial charge is 0.272 e. The Balaban J connectivity index is 2.12. The van der Waals surface area contributed by atoms with Crippen LogP contribution in [0.4, 0.5) is 5.69 Å². The number of thiazole rings is 1. The molecule has 8 heteroatoms. The van der Waals surface area contributed by atoms with Gasteiger partial charge in [0, 0.05) is 24.2 Å². The molecule has 124 valence electrons. The van der Waals surface area contributed by atoms with Crippen LogP contribution in [-0.2, 0) is 9.59 Å². The van der Waals surface area contributed by atoms with Gasteiger partial charge in [-0.2, -0.15) is 0 Å². The number of benzene rings is 1. The molecule has 1 aliphatic rings. The molecule has 0 spiro atoms. The van der Waals surface area contributed by atoms with Crippen molar-refractivity contribution in [3.8, 4) is 0 Å². The quantitative estimate of drug-likeness (QED) is 0.858. The van der Waals surface area contributed by atoms with Crippen LogP contribution in [0.2, 0.25) is 0 Å². The summed E-state index contributed by atoms with van der Waals surface area (Å²) in [6.07, 6.45) is 0.636. The number of hydrogen-bond donors (Lipinski definition) is 2. The number of nitrogens with two attached hydrogens (primary N) is 1. The van der Waals surface area contributed by atoms with Crippen molar-refractivity contribution in [2.24, 2.45) is 10.7 Å². The van der Waals surface area contributed by atoms with Crippen LogP contribution in [0.5, 0.6) is 0 Å². The molecule has 3 N–H and O–H groups in total. The monoisotopic (exact) mass is 343 g/mol. The van der Waals surface area contributed by atoms with Crippen LogP contribution < -0.4 is 16.0 Å². The molecule has 1 aromatic heterocycles. The summed E-state index contributed by atoms with van der Waals surface area (Å²) in [7, 11) is 1.66. The Morgan fingerprint density at radius 1 is 1.42 bits per heavy atom. The molecule has 7 nitrogen and oxygen atoms in total. The van der Waals surface area contributed by atoms with Gasteiger partial charge in [-0.3, -0.25) is 9.59 Å². The normalized spacial score (nSPS) is 18.5. The van der Waals surface area contributed by atoms with E-state index in [9.17, 15) is 9.59 Å². The second-order valence-corrected chi connectivity index (χ2v) is 6.32. The molecule has 0 saturated carbocycles. The SMILES string of the molecule is C[C@H](N)C(=O)NC1N=C(c2nccs2)c2ccccc2N(C)C1=O. The number of fused-ring (bicyclic) bond motifs is 1. The van der Waals surface area contributed by atoms with Crippen LogP contribution in [0.25, 0.3) is 0 Å². The van der Waals surface area contributed by atoms with E-state index in [1.54, 1.807) is 20.2 Å². The number of carbonyl (C=O) groups is 2. The average Bonchev–Trinajstić information content (AvgIpc) is 3.08. The van der Waals surface area contributed by atoms with Gasteiger partial charge in [0.05, 0.1) is 11.7 Å². The minimum Gasteiger partial charge on any atom is -0.325 e. The molecule has 2 heterocycles. The Morgan fingerprint density at radius 2 is 2.17 bits per heavy atom. The van der Waals surface area contributed by atoms with E-state index >= 15 is 0 Å². The summed E-state index contributed by atoms with van der Waals surface area (Å²) in [6, 6.07) is 6.72. The number of carbonyl (C=O) groups excluding carboxylic acids is 2. The molecule has 1 aromatic carbocycles. The van der Waals surface area contributed by atoms with Crippen molar-refractivity contribution in [3.63, 3.8) is 0 Å². The largest absolute Gasteiger partial charge is 0.325 e.